The third-order valence-corrected chi connectivity index (χ3v) is 11.6. The molecule has 0 aromatic heterocycles. The molecule has 4 fully saturated rings. The van der Waals surface area contributed by atoms with E-state index < -0.39 is 35.3 Å². The van der Waals surface area contributed by atoms with Gasteiger partial charge in [-0.3, -0.25) is 4.79 Å². The van der Waals surface area contributed by atoms with Crippen LogP contribution in [-0.2, 0) is 9.53 Å². The van der Waals surface area contributed by atoms with Gasteiger partial charge in [0.1, 0.15) is 17.8 Å². The smallest absolute Gasteiger partial charge is 0.303 e. The number of carbonyl (C=O) groups excluding carboxylic acids is 1. The fraction of sp³-hybridized carbons (Fsp3) is 0.900. The highest BCUT2D eigenvalue weighted by molar-refractivity contribution is 5.66. The molecule has 4 aliphatic rings. The van der Waals surface area contributed by atoms with Crippen molar-refractivity contribution in [2.24, 2.45) is 52.3 Å². The van der Waals surface area contributed by atoms with E-state index >= 15 is 0 Å². The Kier molecular flexibility index (Phi) is 7.32. The van der Waals surface area contributed by atoms with Crippen LogP contribution in [0.1, 0.15) is 93.4 Å². The van der Waals surface area contributed by atoms with Gasteiger partial charge in [0.05, 0.1) is 6.10 Å². The Morgan fingerprint density at radius 3 is 2.29 bits per heavy atom. The van der Waals surface area contributed by atoms with Crippen molar-refractivity contribution in [1.82, 2.24) is 0 Å². The minimum atomic E-state index is -1.44. The van der Waals surface area contributed by atoms with Gasteiger partial charge in [0.15, 0.2) is 0 Å². The second-order valence-electron chi connectivity index (χ2n) is 13.6. The van der Waals surface area contributed by atoms with Gasteiger partial charge >= 0.3 is 5.97 Å². The van der Waals surface area contributed by atoms with E-state index in [1.807, 2.05) is 0 Å². The van der Waals surface area contributed by atoms with Crippen molar-refractivity contribution in [3.05, 3.63) is 12.2 Å². The highest BCUT2D eigenvalue weighted by Gasteiger charge is 2.71. The van der Waals surface area contributed by atoms with Crippen molar-refractivity contribution in [2.75, 3.05) is 0 Å². The van der Waals surface area contributed by atoms with Crippen molar-refractivity contribution >= 4 is 5.97 Å². The molecule has 0 aliphatic heterocycles. The second-order valence-corrected chi connectivity index (χ2v) is 13.6. The van der Waals surface area contributed by atoms with Gasteiger partial charge in [0, 0.05) is 24.7 Å². The number of ether oxygens (including phenoxy) is 1. The van der Waals surface area contributed by atoms with Crippen LogP contribution in [0, 0.1) is 52.3 Å². The minimum absolute atomic E-state index is 0.0314. The first kappa shape index (κ1) is 27.1. The fourth-order valence-corrected chi connectivity index (χ4v) is 9.17. The maximum absolute atomic E-state index is 12.2. The van der Waals surface area contributed by atoms with Crippen LogP contribution < -0.4 is 0 Å². The molecule has 0 spiro atoms. The first-order valence-electron chi connectivity index (χ1n) is 14.2. The number of aliphatic hydroxyl groups is 3. The highest BCUT2D eigenvalue weighted by atomic mass is 16.6. The summed E-state index contributed by atoms with van der Waals surface area (Å²) in [6.07, 6.45) is 8.03. The van der Waals surface area contributed by atoms with E-state index in [4.69, 9.17) is 4.74 Å². The van der Waals surface area contributed by atoms with Crippen LogP contribution in [0.25, 0.3) is 0 Å². The van der Waals surface area contributed by atoms with Crippen LogP contribution in [0.2, 0.25) is 0 Å². The summed E-state index contributed by atoms with van der Waals surface area (Å²) in [6, 6.07) is 0. The topological polar surface area (TPSA) is 87.0 Å². The molecule has 3 unspecified atom stereocenters. The lowest BCUT2D eigenvalue weighted by atomic mass is 9.41. The lowest BCUT2D eigenvalue weighted by Gasteiger charge is -2.66. The van der Waals surface area contributed by atoms with Gasteiger partial charge < -0.3 is 20.1 Å². The van der Waals surface area contributed by atoms with E-state index in [0.717, 1.165) is 25.7 Å². The lowest BCUT2D eigenvalue weighted by molar-refractivity contribution is -0.299. The molecule has 5 nitrogen and oxygen atoms in total. The molecule has 4 aliphatic carbocycles. The Morgan fingerprint density at radius 1 is 0.971 bits per heavy atom. The average Bonchev–Trinajstić information content (AvgIpc) is 3.13. The number of hydrogen-bond acceptors (Lipinski definition) is 5. The average molecular weight is 491 g/mol. The van der Waals surface area contributed by atoms with Crippen molar-refractivity contribution in [1.29, 1.82) is 0 Å². The molecule has 5 heteroatoms. The normalized spacial score (nSPS) is 49.3. The molecule has 4 saturated carbocycles. The van der Waals surface area contributed by atoms with Gasteiger partial charge in [-0.05, 0) is 79.4 Å². The molecule has 4 rings (SSSR count). The van der Waals surface area contributed by atoms with Crippen LogP contribution in [0.5, 0.6) is 0 Å². The molecule has 0 heterocycles. The number of carbonyl (C=O) groups is 1. The minimum Gasteiger partial charge on any atom is -0.459 e. The predicted octanol–water partition coefficient (Wildman–Crippen LogP) is 5.12. The monoisotopic (exact) mass is 490 g/mol. The quantitative estimate of drug-likeness (QED) is 0.368. The van der Waals surface area contributed by atoms with Crippen molar-refractivity contribution in [2.45, 2.75) is 117 Å². The Balaban J connectivity index is 1.68. The predicted molar refractivity (Wildman–Crippen MR) is 137 cm³/mol. The highest BCUT2D eigenvalue weighted by Crippen LogP contribution is 2.69. The van der Waals surface area contributed by atoms with Crippen molar-refractivity contribution in [3.63, 3.8) is 0 Å². The van der Waals surface area contributed by atoms with E-state index in [1.165, 1.54) is 6.92 Å². The maximum Gasteiger partial charge on any atom is 0.303 e. The van der Waals surface area contributed by atoms with E-state index in [-0.39, 0.29) is 23.7 Å². The largest absolute Gasteiger partial charge is 0.459 e. The van der Waals surface area contributed by atoms with E-state index in [0.29, 0.717) is 42.4 Å². The summed E-state index contributed by atoms with van der Waals surface area (Å²) in [4.78, 5) is 12.2. The summed E-state index contributed by atoms with van der Waals surface area (Å²) in [6.45, 7) is 15.1. The fourth-order valence-electron chi connectivity index (χ4n) is 9.17. The van der Waals surface area contributed by atoms with Crippen LogP contribution in [0.3, 0.4) is 0 Å². The zero-order valence-corrected chi connectivity index (χ0v) is 23.0. The van der Waals surface area contributed by atoms with E-state index in [1.54, 1.807) is 0 Å². The third kappa shape index (κ3) is 4.22. The summed E-state index contributed by atoms with van der Waals surface area (Å²) >= 11 is 0. The van der Waals surface area contributed by atoms with Crippen LogP contribution in [0.4, 0.5) is 0 Å². The zero-order chi connectivity index (χ0) is 25.9. The van der Waals surface area contributed by atoms with Crippen LogP contribution in [-0.4, -0.2) is 45.2 Å². The molecule has 0 aromatic carbocycles. The van der Waals surface area contributed by atoms with Gasteiger partial charge in [-0.25, -0.2) is 0 Å². The zero-order valence-electron chi connectivity index (χ0n) is 23.0. The molecule has 200 valence electrons. The Hall–Kier alpha value is -0.910. The third-order valence-electron chi connectivity index (χ3n) is 11.6. The summed E-state index contributed by atoms with van der Waals surface area (Å²) in [5, 5.41) is 34.0. The van der Waals surface area contributed by atoms with Gasteiger partial charge in [-0.1, -0.05) is 53.7 Å². The number of aliphatic hydroxyl groups excluding tert-OH is 2. The molecule has 12 atom stereocenters. The Bertz CT molecular complexity index is 824. The molecule has 3 N–H and O–H groups in total. The number of allylic oxidation sites excluding steroid dienone is 2. The summed E-state index contributed by atoms with van der Waals surface area (Å²) in [5.74, 6) is 2.35. The second kappa shape index (κ2) is 9.44. The van der Waals surface area contributed by atoms with Gasteiger partial charge in [-0.15, -0.1) is 0 Å². The van der Waals surface area contributed by atoms with Gasteiger partial charge in [0.2, 0.25) is 0 Å². The number of esters is 1. The SMILES string of the molecule is CC(=O)O[C@@H]1C2C3CC[C@H]([C@H](C)/C=C/[C@H](C)C(C)C)[C@@]3(C)CCC2[C@@]2(C)CC[C@H](O)C[C@]2(O)[C@@H]1O. The summed E-state index contributed by atoms with van der Waals surface area (Å²) in [5.41, 5.74) is -1.82. The lowest BCUT2D eigenvalue weighted by Crippen LogP contribution is -2.73. The maximum atomic E-state index is 12.2. The van der Waals surface area contributed by atoms with Crippen molar-refractivity contribution < 1.29 is 24.9 Å². The molecular weight excluding hydrogens is 440 g/mol. The molecule has 0 aromatic rings. The summed E-state index contributed by atoms with van der Waals surface area (Å²) < 4.78 is 5.88. The number of hydrogen-bond donors (Lipinski definition) is 3. The molecule has 0 radical (unpaired) electrons. The van der Waals surface area contributed by atoms with Crippen LogP contribution >= 0.6 is 0 Å². The van der Waals surface area contributed by atoms with E-state index in [2.05, 4.69) is 53.7 Å². The Morgan fingerprint density at radius 2 is 1.66 bits per heavy atom. The Labute approximate surface area is 212 Å². The molecule has 0 saturated heterocycles. The summed E-state index contributed by atoms with van der Waals surface area (Å²) in [7, 11) is 0. The molecule has 35 heavy (non-hydrogen) atoms. The van der Waals surface area contributed by atoms with Gasteiger partial charge in [0.25, 0.3) is 0 Å². The van der Waals surface area contributed by atoms with Gasteiger partial charge in [-0.2, -0.15) is 0 Å². The molecular formula is C30H50O5. The number of fused-ring (bicyclic) bond motifs is 5. The van der Waals surface area contributed by atoms with E-state index in [9.17, 15) is 20.1 Å². The first-order chi connectivity index (χ1) is 16.3. The van der Waals surface area contributed by atoms with Crippen LogP contribution in [0.15, 0.2) is 12.2 Å². The first-order valence-corrected chi connectivity index (χ1v) is 14.2. The number of rotatable bonds is 5. The standard InChI is InChI=1S/C30H50O5/c1-17(2)18(3)8-9-19(4)22-10-11-23-25-24(13-14-28(22,23)6)29(7)15-12-21(32)16-30(29,34)27(33)26(25)35-20(5)31/h8-9,17-19,21-27,32-34H,10-16H2,1-7H3/b9-8+/t18-,19+,21-,22+,23?,24?,25?,26+,27+,28+,29+,30-/m0/s1. The molecule has 0 amide bonds. The molecule has 0 bridgehead atoms. The van der Waals surface area contributed by atoms with Crippen molar-refractivity contribution in [3.8, 4) is 0 Å².